The fraction of sp³-hybridized carbons (Fsp3) is 0.421. The van der Waals surface area contributed by atoms with E-state index in [0.29, 0.717) is 30.3 Å². The molecule has 2 aromatic rings. The van der Waals surface area contributed by atoms with Gasteiger partial charge in [-0.3, -0.25) is 9.59 Å². The first-order valence-electron chi connectivity index (χ1n) is 9.51. The van der Waals surface area contributed by atoms with Crippen molar-refractivity contribution in [2.45, 2.75) is 24.2 Å². The van der Waals surface area contributed by atoms with E-state index in [1.54, 1.807) is 23.7 Å². The van der Waals surface area contributed by atoms with Crippen LogP contribution in [-0.2, 0) is 19.6 Å². The Morgan fingerprint density at radius 3 is 2.73 bits per heavy atom. The average Bonchev–Trinajstić information content (AvgIpc) is 3.26. The van der Waals surface area contributed by atoms with Gasteiger partial charge >= 0.3 is 0 Å². The van der Waals surface area contributed by atoms with E-state index in [-0.39, 0.29) is 36.2 Å². The quantitative estimate of drug-likeness (QED) is 0.629. The van der Waals surface area contributed by atoms with Crippen LogP contribution in [-0.4, -0.2) is 56.3 Å². The number of hydrogen-bond donors (Lipinski definition) is 2. The van der Waals surface area contributed by atoms with Gasteiger partial charge in [-0.25, -0.2) is 13.4 Å². The molecule has 0 radical (unpaired) electrons. The summed E-state index contributed by atoms with van der Waals surface area (Å²) in [6, 6.07) is 6.19. The second-order valence-corrected chi connectivity index (χ2v) is 9.64. The summed E-state index contributed by atoms with van der Waals surface area (Å²) in [6.07, 6.45) is 2.91. The third-order valence-corrected chi connectivity index (χ3v) is 7.35. The van der Waals surface area contributed by atoms with Crippen molar-refractivity contribution in [2.75, 3.05) is 32.1 Å². The molecule has 0 bridgehead atoms. The molecule has 2 heterocycles. The Morgan fingerprint density at radius 2 is 2.07 bits per heavy atom. The number of methoxy groups -OCH3 is 1. The van der Waals surface area contributed by atoms with Gasteiger partial charge in [-0.05, 0) is 37.1 Å². The molecule has 0 aliphatic carbocycles. The average molecular weight is 453 g/mol. The van der Waals surface area contributed by atoms with Gasteiger partial charge in [0.15, 0.2) is 5.13 Å². The van der Waals surface area contributed by atoms with Crippen molar-refractivity contribution >= 4 is 38.3 Å². The third-order valence-electron chi connectivity index (χ3n) is 4.78. The van der Waals surface area contributed by atoms with E-state index in [1.165, 1.54) is 34.9 Å². The first-order chi connectivity index (χ1) is 14.4. The number of rotatable bonds is 8. The van der Waals surface area contributed by atoms with Gasteiger partial charge in [0.25, 0.3) is 0 Å². The number of piperidine rings is 1. The Kier molecular flexibility index (Phi) is 7.40. The van der Waals surface area contributed by atoms with Gasteiger partial charge < -0.3 is 15.4 Å². The van der Waals surface area contributed by atoms with Gasteiger partial charge in [-0.2, -0.15) is 4.31 Å². The molecule has 1 aliphatic heterocycles. The molecular weight excluding hydrogens is 428 g/mol. The second-order valence-electron chi connectivity index (χ2n) is 6.80. The Bertz CT molecular complexity index is 961. The highest BCUT2D eigenvalue weighted by molar-refractivity contribution is 7.89. The monoisotopic (exact) mass is 452 g/mol. The SMILES string of the molecule is COc1ccc(S(=O)(=O)N2CCCC(C(=O)NCCC(=O)Nc3nccs3)C2)cc1. The van der Waals surface area contributed by atoms with Crippen LogP contribution in [0.15, 0.2) is 40.7 Å². The minimum absolute atomic E-state index is 0.117. The molecule has 1 atom stereocenters. The van der Waals surface area contributed by atoms with E-state index in [4.69, 9.17) is 4.74 Å². The predicted octanol–water partition coefficient (Wildman–Crippen LogP) is 1.70. The normalized spacial score (nSPS) is 17.3. The highest BCUT2D eigenvalue weighted by Gasteiger charge is 2.33. The zero-order valence-corrected chi connectivity index (χ0v) is 18.2. The van der Waals surface area contributed by atoms with Crippen LogP contribution in [0.5, 0.6) is 5.75 Å². The Hall–Kier alpha value is -2.50. The van der Waals surface area contributed by atoms with Gasteiger partial charge in [0.1, 0.15) is 5.75 Å². The molecule has 1 fully saturated rings. The van der Waals surface area contributed by atoms with Crippen molar-refractivity contribution in [3.05, 3.63) is 35.8 Å². The van der Waals surface area contributed by atoms with E-state index in [9.17, 15) is 18.0 Å². The maximum Gasteiger partial charge on any atom is 0.243 e. The fourth-order valence-corrected chi connectivity index (χ4v) is 5.25. The lowest BCUT2D eigenvalue weighted by Gasteiger charge is -2.31. The number of sulfonamides is 1. The summed E-state index contributed by atoms with van der Waals surface area (Å²) < 4.78 is 32.2. The summed E-state index contributed by atoms with van der Waals surface area (Å²) >= 11 is 1.32. The fourth-order valence-electron chi connectivity index (χ4n) is 3.18. The number of ether oxygens (including phenoxy) is 1. The first-order valence-corrected chi connectivity index (χ1v) is 11.8. The number of carbonyl (C=O) groups excluding carboxylic acids is 2. The van der Waals surface area contributed by atoms with Crippen molar-refractivity contribution in [3.8, 4) is 5.75 Å². The summed E-state index contributed by atoms with van der Waals surface area (Å²) in [5, 5.41) is 7.65. The number of aromatic nitrogens is 1. The molecule has 1 unspecified atom stereocenters. The van der Waals surface area contributed by atoms with Crippen LogP contribution < -0.4 is 15.4 Å². The molecule has 1 aliphatic rings. The van der Waals surface area contributed by atoms with Crippen LogP contribution in [0.3, 0.4) is 0 Å². The molecule has 162 valence electrons. The number of nitrogens with one attached hydrogen (secondary N) is 2. The molecule has 1 aromatic carbocycles. The minimum Gasteiger partial charge on any atom is -0.497 e. The number of nitrogens with zero attached hydrogens (tertiary/aromatic N) is 2. The number of hydrogen-bond acceptors (Lipinski definition) is 7. The van der Waals surface area contributed by atoms with Crippen molar-refractivity contribution in [3.63, 3.8) is 0 Å². The first kappa shape index (κ1) is 22.2. The highest BCUT2D eigenvalue weighted by Crippen LogP contribution is 2.25. The van der Waals surface area contributed by atoms with Crippen LogP contribution in [0.25, 0.3) is 0 Å². The Labute approximate surface area is 179 Å². The summed E-state index contributed by atoms with van der Waals surface area (Å²) in [7, 11) is -2.17. The highest BCUT2D eigenvalue weighted by atomic mass is 32.2. The van der Waals surface area contributed by atoms with Crippen LogP contribution in [0.2, 0.25) is 0 Å². The van der Waals surface area contributed by atoms with Gasteiger partial charge in [0.05, 0.1) is 17.9 Å². The van der Waals surface area contributed by atoms with Crippen molar-refractivity contribution in [2.24, 2.45) is 5.92 Å². The van der Waals surface area contributed by atoms with E-state index in [1.807, 2.05) is 0 Å². The van der Waals surface area contributed by atoms with Crippen LogP contribution >= 0.6 is 11.3 Å². The molecule has 3 rings (SSSR count). The summed E-state index contributed by atoms with van der Waals surface area (Å²) in [5.41, 5.74) is 0. The van der Waals surface area contributed by atoms with Crippen LogP contribution in [0, 0.1) is 5.92 Å². The standard InChI is InChI=1S/C19H24N4O5S2/c1-28-15-4-6-16(7-5-15)30(26,27)23-11-2-3-14(13-23)18(25)20-9-8-17(24)22-19-21-10-12-29-19/h4-7,10,12,14H,2-3,8-9,11,13H2,1H3,(H,20,25)(H,21,22,24). The Morgan fingerprint density at radius 1 is 1.30 bits per heavy atom. The lowest BCUT2D eigenvalue weighted by atomic mass is 9.99. The number of anilines is 1. The lowest BCUT2D eigenvalue weighted by molar-refractivity contribution is -0.126. The van der Waals surface area contributed by atoms with E-state index >= 15 is 0 Å². The summed E-state index contributed by atoms with van der Waals surface area (Å²) in [4.78, 5) is 28.5. The second kappa shape index (κ2) is 10.0. The van der Waals surface area contributed by atoms with E-state index in [0.717, 1.165) is 0 Å². The topological polar surface area (TPSA) is 118 Å². The van der Waals surface area contributed by atoms with Crippen LogP contribution in [0.4, 0.5) is 5.13 Å². The number of thiazole rings is 1. The van der Waals surface area contributed by atoms with Crippen molar-refractivity contribution in [1.82, 2.24) is 14.6 Å². The molecule has 11 heteroatoms. The third kappa shape index (κ3) is 5.55. The zero-order chi connectivity index (χ0) is 21.6. The molecule has 2 N–H and O–H groups in total. The summed E-state index contributed by atoms with van der Waals surface area (Å²) in [6.45, 7) is 0.664. The zero-order valence-electron chi connectivity index (χ0n) is 16.5. The Balaban J connectivity index is 1.51. The summed E-state index contributed by atoms with van der Waals surface area (Å²) in [5.74, 6) is -0.359. The molecule has 1 saturated heterocycles. The van der Waals surface area contributed by atoms with E-state index in [2.05, 4.69) is 15.6 Å². The van der Waals surface area contributed by atoms with Crippen molar-refractivity contribution < 1.29 is 22.7 Å². The van der Waals surface area contributed by atoms with Gasteiger partial charge in [-0.1, -0.05) is 0 Å². The number of amides is 2. The molecule has 2 amide bonds. The van der Waals surface area contributed by atoms with Gasteiger partial charge in [0, 0.05) is 37.6 Å². The van der Waals surface area contributed by atoms with Crippen LogP contribution in [0.1, 0.15) is 19.3 Å². The van der Waals surface area contributed by atoms with Crippen molar-refractivity contribution in [1.29, 1.82) is 0 Å². The number of benzene rings is 1. The maximum atomic E-state index is 12.9. The smallest absolute Gasteiger partial charge is 0.243 e. The largest absolute Gasteiger partial charge is 0.497 e. The predicted molar refractivity (Wildman–Crippen MR) is 113 cm³/mol. The van der Waals surface area contributed by atoms with E-state index < -0.39 is 15.9 Å². The van der Waals surface area contributed by atoms with Gasteiger partial charge in [-0.15, -0.1) is 11.3 Å². The number of carbonyl (C=O) groups is 2. The molecule has 0 saturated carbocycles. The minimum atomic E-state index is -3.69. The lowest BCUT2D eigenvalue weighted by Crippen LogP contribution is -2.45. The van der Waals surface area contributed by atoms with Gasteiger partial charge in [0.2, 0.25) is 21.8 Å². The molecule has 30 heavy (non-hydrogen) atoms. The molecular formula is C19H24N4O5S2. The molecule has 0 spiro atoms. The maximum absolute atomic E-state index is 12.9. The molecule has 1 aromatic heterocycles. The molecule has 9 nitrogen and oxygen atoms in total.